The molecule has 1 unspecified atom stereocenters. The number of hydrogen-bond acceptors (Lipinski definition) is 5. The molecule has 5 nitrogen and oxygen atoms in total. The van der Waals surface area contributed by atoms with Crippen LogP contribution in [0.15, 0.2) is 18.2 Å². The lowest BCUT2D eigenvalue weighted by molar-refractivity contribution is -0.316. The first-order valence-electron chi connectivity index (χ1n) is 6.06. The summed E-state index contributed by atoms with van der Waals surface area (Å²) < 4.78 is 43.2. The Kier molecular flexibility index (Phi) is 4.17. The number of aliphatic carboxylic acids is 1. The number of ether oxygens (including phenoxy) is 1. The number of anilines is 1. The van der Waals surface area contributed by atoms with Crippen LogP contribution in [0.2, 0.25) is 0 Å². The number of benzene rings is 1. The van der Waals surface area contributed by atoms with Crippen molar-refractivity contribution in [2.75, 3.05) is 24.6 Å². The summed E-state index contributed by atoms with van der Waals surface area (Å²) in [5.41, 5.74) is -0.809. The maximum atomic E-state index is 12.7. The second-order valence-corrected chi connectivity index (χ2v) is 4.51. The van der Waals surface area contributed by atoms with E-state index in [2.05, 4.69) is 0 Å². The Morgan fingerprint density at radius 3 is 2.71 bits per heavy atom. The molecule has 0 aliphatic carbocycles. The Morgan fingerprint density at radius 2 is 2.14 bits per heavy atom. The SMILES string of the molecule is O=Cc1ccc(C(F)(F)F)cc1N1CCOC(C(=O)[O-])C1. The molecule has 1 fully saturated rings. The molecule has 0 radical (unpaired) electrons. The van der Waals surface area contributed by atoms with Gasteiger partial charge in [-0.1, -0.05) is 0 Å². The fourth-order valence-electron chi connectivity index (χ4n) is 2.10. The molecule has 0 bridgehead atoms. The highest BCUT2D eigenvalue weighted by Gasteiger charge is 2.32. The summed E-state index contributed by atoms with van der Waals surface area (Å²) in [4.78, 5) is 23.2. The zero-order valence-electron chi connectivity index (χ0n) is 10.7. The van der Waals surface area contributed by atoms with Crippen LogP contribution < -0.4 is 10.0 Å². The first-order chi connectivity index (χ1) is 9.82. The third-order valence-corrected chi connectivity index (χ3v) is 3.15. The van der Waals surface area contributed by atoms with Gasteiger partial charge in [0.1, 0.15) is 6.10 Å². The molecule has 21 heavy (non-hydrogen) atoms. The molecule has 0 amide bonds. The summed E-state index contributed by atoms with van der Waals surface area (Å²) in [5.74, 6) is -1.45. The molecule has 1 aliphatic heterocycles. The lowest BCUT2D eigenvalue weighted by Gasteiger charge is -2.35. The van der Waals surface area contributed by atoms with Crippen molar-refractivity contribution in [2.45, 2.75) is 12.3 Å². The van der Waals surface area contributed by atoms with Crippen LogP contribution in [0, 0.1) is 0 Å². The van der Waals surface area contributed by atoms with Crippen LogP contribution in [0.1, 0.15) is 15.9 Å². The fourth-order valence-corrected chi connectivity index (χ4v) is 2.10. The topological polar surface area (TPSA) is 69.7 Å². The van der Waals surface area contributed by atoms with E-state index in [-0.39, 0.29) is 30.9 Å². The standard InChI is InChI=1S/C13H12F3NO4/c14-13(15,16)9-2-1-8(7-18)10(5-9)17-3-4-21-11(6-17)12(19)20/h1-2,5,7,11H,3-4,6H2,(H,19,20)/p-1. The molecule has 1 aromatic rings. The number of alkyl halides is 3. The number of carboxylic acids is 1. The molecular weight excluding hydrogens is 291 g/mol. The summed E-state index contributed by atoms with van der Waals surface area (Å²) >= 11 is 0. The predicted molar refractivity (Wildman–Crippen MR) is 63.8 cm³/mol. The van der Waals surface area contributed by atoms with Gasteiger partial charge in [0.2, 0.25) is 0 Å². The summed E-state index contributed by atoms with van der Waals surface area (Å²) in [5, 5.41) is 10.8. The molecule has 1 atom stereocenters. The van der Waals surface area contributed by atoms with E-state index < -0.39 is 23.8 Å². The minimum absolute atomic E-state index is 0.0210. The van der Waals surface area contributed by atoms with Gasteiger partial charge in [-0.05, 0) is 18.2 Å². The van der Waals surface area contributed by atoms with Crippen molar-refractivity contribution < 1.29 is 32.6 Å². The zero-order valence-corrected chi connectivity index (χ0v) is 10.7. The first kappa shape index (κ1) is 15.3. The Hall–Kier alpha value is -2.09. The van der Waals surface area contributed by atoms with Gasteiger partial charge in [0.25, 0.3) is 0 Å². The van der Waals surface area contributed by atoms with Crippen LogP contribution in [0.5, 0.6) is 0 Å². The van der Waals surface area contributed by atoms with Gasteiger partial charge >= 0.3 is 6.18 Å². The van der Waals surface area contributed by atoms with Crippen molar-refractivity contribution in [2.24, 2.45) is 0 Å². The van der Waals surface area contributed by atoms with E-state index in [0.717, 1.165) is 18.2 Å². The number of carboxylic acid groups (broad SMARTS) is 1. The molecule has 1 saturated heterocycles. The van der Waals surface area contributed by atoms with Gasteiger partial charge in [0.15, 0.2) is 6.29 Å². The van der Waals surface area contributed by atoms with E-state index in [1.807, 2.05) is 0 Å². The largest absolute Gasteiger partial charge is 0.547 e. The van der Waals surface area contributed by atoms with Crippen LogP contribution >= 0.6 is 0 Å². The molecule has 8 heteroatoms. The minimum Gasteiger partial charge on any atom is -0.547 e. The summed E-state index contributed by atoms with van der Waals surface area (Å²) in [7, 11) is 0. The molecule has 1 aliphatic rings. The Morgan fingerprint density at radius 1 is 1.43 bits per heavy atom. The minimum atomic E-state index is -4.55. The normalized spacial score (nSPS) is 19.4. The predicted octanol–water partition coefficient (Wildman–Crippen LogP) is 0.473. The molecule has 0 spiro atoms. The highest BCUT2D eigenvalue weighted by Crippen LogP contribution is 2.33. The summed E-state index contributed by atoms with van der Waals surface area (Å²) in [6.45, 7) is 0.0314. The van der Waals surface area contributed by atoms with Crippen LogP contribution in [-0.2, 0) is 15.7 Å². The van der Waals surface area contributed by atoms with Crippen molar-refractivity contribution >= 4 is 17.9 Å². The summed E-state index contributed by atoms with van der Waals surface area (Å²) in [6, 6.07) is 2.71. The van der Waals surface area contributed by atoms with Gasteiger partial charge in [-0.3, -0.25) is 4.79 Å². The lowest BCUT2D eigenvalue weighted by atomic mass is 10.1. The van der Waals surface area contributed by atoms with E-state index in [4.69, 9.17) is 4.74 Å². The zero-order chi connectivity index (χ0) is 15.6. The van der Waals surface area contributed by atoms with Crippen molar-refractivity contribution in [1.82, 2.24) is 0 Å². The molecular formula is C13H11F3NO4-. The Bertz CT molecular complexity index is 559. The van der Waals surface area contributed by atoms with Crippen LogP contribution in [0.3, 0.4) is 0 Å². The van der Waals surface area contributed by atoms with Crippen LogP contribution in [0.4, 0.5) is 18.9 Å². The van der Waals surface area contributed by atoms with E-state index in [0.29, 0.717) is 6.29 Å². The van der Waals surface area contributed by atoms with Gasteiger partial charge in [0, 0.05) is 24.3 Å². The highest BCUT2D eigenvalue weighted by molar-refractivity contribution is 5.85. The average Bonchev–Trinajstić information content (AvgIpc) is 2.45. The van der Waals surface area contributed by atoms with E-state index >= 15 is 0 Å². The molecule has 1 heterocycles. The van der Waals surface area contributed by atoms with Gasteiger partial charge in [-0.25, -0.2) is 0 Å². The van der Waals surface area contributed by atoms with Crippen molar-refractivity contribution in [3.05, 3.63) is 29.3 Å². The number of aldehydes is 1. The highest BCUT2D eigenvalue weighted by atomic mass is 19.4. The second-order valence-electron chi connectivity index (χ2n) is 4.51. The number of carbonyl (C=O) groups excluding carboxylic acids is 2. The number of carbonyl (C=O) groups is 2. The molecule has 2 rings (SSSR count). The van der Waals surface area contributed by atoms with Crippen molar-refractivity contribution in [1.29, 1.82) is 0 Å². The van der Waals surface area contributed by atoms with Crippen molar-refractivity contribution in [3.63, 3.8) is 0 Å². The maximum Gasteiger partial charge on any atom is 0.416 e. The average molecular weight is 302 g/mol. The van der Waals surface area contributed by atoms with E-state index in [1.54, 1.807) is 0 Å². The smallest absolute Gasteiger partial charge is 0.416 e. The number of rotatable bonds is 3. The maximum absolute atomic E-state index is 12.7. The van der Waals surface area contributed by atoms with Crippen LogP contribution in [-0.4, -0.2) is 38.1 Å². The third-order valence-electron chi connectivity index (χ3n) is 3.15. The number of hydrogen-bond donors (Lipinski definition) is 0. The van der Waals surface area contributed by atoms with Gasteiger partial charge in [-0.2, -0.15) is 13.2 Å². The molecule has 0 aromatic heterocycles. The number of nitrogens with zero attached hydrogens (tertiary/aromatic N) is 1. The van der Waals surface area contributed by atoms with Gasteiger partial charge in [0.05, 0.1) is 18.1 Å². The third kappa shape index (κ3) is 3.33. The van der Waals surface area contributed by atoms with E-state index in [9.17, 15) is 27.9 Å². The van der Waals surface area contributed by atoms with Crippen LogP contribution in [0.25, 0.3) is 0 Å². The quantitative estimate of drug-likeness (QED) is 0.759. The monoisotopic (exact) mass is 302 g/mol. The Labute approximate surface area is 117 Å². The van der Waals surface area contributed by atoms with E-state index in [1.165, 1.54) is 4.90 Å². The van der Waals surface area contributed by atoms with Gasteiger partial charge < -0.3 is 19.5 Å². The number of morpholine rings is 1. The summed E-state index contributed by atoms with van der Waals surface area (Å²) in [6.07, 6.45) is -5.36. The first-order valence-corrected chi connectivity index (χ1v) is 6.06. The lowest BCUT2D eigenvalue weighted by Crippen LogP contribution is -2.51. The van der Waals surface area contributed by atoms with Gasteiger partial charge in [-0.15, -0.1) is 0 Å². The van der Waals surface area contributed by atoms with Crippen molar-refractivity contribution in [3.8, 4) is 0 Å². The fraction of sp³-hybridized carbons (Fsp3) is 0.385. The molecule has 114 valence electrons. The molecule has 0 N–H and O–H groups in total. The second kappa shape index (κ2) is 5.72. The number of halogens is 3. The molecule has 1 aromatic carbocycles. The Balaban J connectivity index is 2.36. The molecule has 0 saturated carbocycles.